The molecule has 0 aliphatic rings. The average Bonchev–Trinajstić information content (AvgIpc) is 2.18. The van der Waals surface area contributed by atoms with Crippen molar-refractivity contribution in [1.82, 2.24) is 4.90 Å². The van der Waals surface area contributed by atoms with Crippen LogP contribution in [0.5, 0.6) is 0 Å². The SMILES string of the molecule is CCN(CC)CC=C(C)CCCC(C)C. The van der Waals surface area contributed by atoms with Gasteiger partial charge in [0.15, 0.2) is 0 Å². The Bertz CT molecular complexity index is 166. The van der Waals surface area contributed by atoms with Gasteiger partial charge in [0.05, 0.1) is 0 Å². The third-order valence-corrected chi connectivity index (χ3v) is 2.94. The summed E-state index contributed by atoms with van der Waals surface area (Å²) in [5.74, 6) is 0.848. The third kappa shape index (κ3) is 8.68. The fourth-order valence-corrected chi connectivity index (χ4v) is 1.66. The molecule has 0 fully saturated rings. The quantitative estimate of drug-likeness (QED) is 0.546. The van der Waals surface area contributed by atoms with E-state index in [1.54, 1.807) is 5.57 Å². The maximum Gasteiger partial charge on any atom is 0.0165 e. The fraction of sp³-hybridized carbons (Fsp3) is 0.857. The molecule has 0 rings (SSSR count). The summed E-state index contributed by atoms with van der Waals surface area (Å²) in [5, 5.41) is 0. The van der Waals surface area contributed by atoms with Gasteiger partial charge in [0.2, 0.25) is 0 Å². The third-order valence-electron chi connectivity index (χ3n) is 2.94. The van der Waals surface area contributed by atoms with Crippen molar-refractivity contribution in [1.29, 1.82) is 0 Å². The maximum atomic E-state index is 2.45. The van der Waals surface area contributed by atoms with Crippen LogP contribution in [0.3, 0.4) is 0 Å². The summed E-state index contributed by atoms with van der Waals surface area (Å²) < 4.78 is 0. The lowest BCUT2D eigenvalue weighted by Crippen LogP contribution is -2.22. The number of hydrogen-bond donors (Lipinski definition) is 0. The van der Waals surface area contributed by atoms with Gasteiger partial charge in [-0.1, -0.05) is 45.8 Å². The van der Waals surface area contributed by atoms with Crippen LogP contribution in [0.2, 0.25) is 0 Å². The Kier molecular flexibility index (Phi) is 8.79. The zero-order valence-electron chi connectivity index (χ0n) is 11.3. The second-order valence-electron chi connectivity index (χ2n) is 4.82. The summed E-state index contributed by atoms with van der Waals surface area (Å²) >= 11 is 0. The summed E-state index contributed by atoms with van der Waals surface area (Å²) in [6, 6.07) is 0. The highest BCUT2D eigenvalue weighted by atomic mass is 15.1. The Labute approximate surface area is 96.6 Å². The first-order valence-corrected chi connectivity index (χ1v) is 6.48. The van der Waals surface area contributed by atoms with Crippen LogP contribution < -0.4 is 0 Å². The standard InChI is InChI=1S/C14H29N/c1-6-15(7-2)12-11-14(5)10-8-9-13(3)4/h11,13H,6-10,12H2,1-5H3. The van der Waals surface area contributed by atoms with Crippen LogP contribution in [0.15, 0.2) is 11.6 Å². The predicted molar refractivity (Wildman–Crippen MR) is 70.2 cm³/mol. The van der Waals surface area contributed by atoms with E-state index in [1.165, 1.54) is 19.3 Å². The Morgan fingerprint density at radius 1 is 1.20 bits per heavy atom. The molecule has 15 heavy (non-hydrogen) atoms. The molecule has 0 radical (unpaired) electrons. The molecule has 1 nitrogen and oxygen atoms in total. The van der Waals surface area contributed by atoms with Gasteiger partial charge in [0.25, 0.3) is 0 Å². The van der Waals surface area contributed by atoms with E-state index < -0.39 is 0 Å². The minimum Gasteiger partial charge on any atom is -0.300 e. The van der Waals surface area contributed by atoms with E-state index in [9.17, 15) is 0 Å². The molecule has 0 aliphatic heterocycles. The molecule has 0 unspecified atom stereocenters. The van der Waals surface area contributed by atoms with Crippen LogP contribution in [0, 0.1) is 5.92 Å². The molecule has 90 valence electrons. The Morgan fingerprint density at radius 3 is 2.27 bits per heavy atom. The lowest BCUT2D eigenvalue weighted by atomic mass is 10.0. The second-order valence-corrected chi connectivity index (χ2v) is 4.82. The van der Waals surface area contributed by atoms with Crippen molar-refractivity contribution in [3.8, 4) is 0 Å². The number of rotatable bonds is 8. The first kappa shape index (κ1) is 14.7. The topological polar surface area (TPSA) is 3.24 Å². The molecule has 0 heterocycles. The molecule has 0 atom stereocenters. The van der Waals surface area contributed by atoms with Crippen LogP contribution in [-0.2, 0) is 0 Å². The molecule has 0 saturated heterocycles. The molecule has 0 saturated carbocycles. The number of likely N-dealkylation sites (N-methyl/N-ethyl adjacent to an activating group) is 1. The highest BCUT2D eigenvalue weighted by Gasteiger charge is 1.97. The first-order valence-electron chi connectivity index (χ1n) is 6.48. The minimum absolute atomic E-state index is 0.848. The molecule has 0 amide bonds. The van der Waals surface area contributed by atoms with Crippen LogP contribution in [-0.4, -0.2) is 24.5 Å². The number of allylic oxidation sites excluding steroid dienone is 1. The molecule has 0 aromatic carbocycles. The minimum atomic E-state index is 0.848. The Balaban J connectivity index is 3.68. The number of nitrogens with zero attached hydrogens (tertiary/aromatic N) is 1. The van der Waals surface area contributed by atoms with Crippen molar-refractivity contribution in [2.75, 3.05) is 19.6 Å². The highest BCUT2D eigenvalue weighted by molar-refractivity contribution is 4.99. The average molecular weight is 211 g/mol. The zero-order valence-corrected chi connectivity index (χ0v) is 11.3. The van der Waals surface area contributed by atoms with Gasteiger partial charge in [0, 0.05) is 6.54 Å². The van der Waals surface area contributed by atoms with Crippen molar-refractivity contribution in [2.45, 2.75) is 53.9 Å². The normalized spacial score (nSPS) is 12.9. The lowest BCUT2D eigenvalue weighted by Gasteiger charge is -2.15. The summed E-state index contributed by atoms with van der Waals surface area (Å²) in [4.78, 5) is 2.45. The predicted octanol–water partition coefficient (Wildman–Crippen LogP) is 4.10. The van der Waals surface area contributed by atoms with Crippen molar-refractivity contribution in [3.63, 3.8) is 0 Å². The van der Waals surface area contributed by atoms with Gasteiger partial charge < -0.3 is 4.90 Å². The van der Waals surface area contributed by atoms with E-state index in [4.69, 9.17) is 0 Å². The summed E-state index contributed by atoms with van der Waals surface area (Å²) in [7, 11) is 0. The van der Waals surface area contributed by atoms with Gasteiger partial charge in [-0.3, -0.25) is 0 Å². The van der Waals surface area contributed by atoms with Gasteiger partial charge in [-0.05, 0) is 38.8 Å². The zero-order chi connectivity index (χ0) is 11.7. The molecule has 0 spiro atoms. The largest absolute Gasteiger partial charge is 0.300 e. The Morgan fingerprint density at radius 2 is 1.80 bits per heavy atom. The van der Waals surface area contributed by atoms with Gasteiger partial charge in [0.1, 0.15) is 0 Å². The van der Waals surface area contributed by atoms with Crippen molar-refractivity contribution >= 4 is 0 Å². The van der Waals surface area contributed by atoms with Gasteiger partial charge in [-0.2, -0.15) is 0 Å². The molecule has 0 bridgehead atoms. The monoisotopic (exact) mass is 211 g/mol. The van der Waals surface area contributed by atoms with Crippen LogP contribution >= 0.6 is 0 Å². The van der Waals surface area contributed by atoms with E-state index in [0.29, 0.717) is 0 Å². The summed E-state index contributed by atoms with van der Waals surface area (Å²) in [6.45, 7) is 14.8. The number of hydrogen-bond acceptors (Lipinski definition) is 1. The van der Waals surface area contributed by atoms with Gasteiger partial charge in [-0.25, -0.2) is 0 Å². The molecular formula is C14H29N. The first-order chi connectivity index (χ1) is 7.10. The molecule has 0 aromatic heterocycles. The van der Waals surface area contributed by atoms with Gasteiger partial charge >= 0.3 is 0 Å². The van der Waals surface area contributed by atoms with Crippen LogP contribution in [0.1, 0.15) is 53.9 Å². The fourth-order valence-electron chi connectivity index (χ4n) is 1.66. The van der Waals surface area contributed by atoms with Crippen LogP contribution in [0.25, 0.3) is 0 Å². The highest BCUT2D eigenvalue weighted by Crippen LogP contribution is 2.11. The molecule has 1 heteroatoms. The van der Waals surface area contributed by atoms with E-state index in [2.05, 4.69) is 45.6 Å². The van der Waals surface area contributed by atoms with Crippen molar-refractivity contribution in [3.05, 3.63) is 11.6 Å². The van der Waals surface area contributed by atoms with E-state index in [-0.39, 0.29) is 0 Å². The van der Waals surface area contributed by atoms with E-state index in [1.807, 2.05) is 0 Å². The van der Waals surface area contributed by atoms with E-state index >= 15 is 0 Å². The van der Waals surface area contributed by atoms with Crippen molar-refractivity contribution < 1.29 is 0 Å². The lowest BCUT2D eigenvalue weighted by molar-refractivity contribution is 0.336. The smallest absolute Gasteiger partial charge is 0.0165 e. The molecule has 0 aromatic rings. The van der Waals surface area contributed by atoms with E-state index in [0.717, 1.165) is 25.6 Å². The summed E-state index contributed by atoms with van der Waals surface area (Å²) in [5.41, 5.74) is 1.56. The maximum absolute atomic E-state index is 2.45. The second kappa shape index (κ2) is 8.96. The molecular weight excluding hydrogens is 182 g/mol. The van der Waals surface area contributed by atoms with Crippen LogP contribution in [0.4, 0.5) is 0 Å². The molecule has 0 aliphatic carbocycles. The van der Waals surface area contributed by atoms with Crippen molar-refractivity contribution in [2.24, 2.45) is 5.92 Å². The van der Waals surface area contributed by atoms with Gasteiger partial charge in [-0.15, -0.1) is 0 Å². The summed E-state index contributed by atoms with van der Waals surface area (Å²) in [6.07, 6.45) is 6.38. The Hall–Kier alpha value is -0.300. The molecule has 0 N–H and O–H groups in total.